The Morgan fingerprint density at radius 3 is 2.75 bits per heavy atom. The lowest BCUT2D eigenvalue weighted by atomic mass is 10.3. The molecule has 0 radical (unpaired) electrons. The molecule has 0 saturated heterocycles. The second kappa shape index (κ2) is 7.09. The Bertz CT molecular complexity index is 898. The summed E-state index contributed by atoms with van der Waals surface area (Å²) < 4.78 is 15.2. The highest BCUT2D eigenvalue weighted by atomic mass is 32.2. The maximum Gasteiger partial charge on any atom is 0.325 e. The van der Waals surface area contributed by atoms with Gasteiger partial charge < -0.3 is 5.32 Å². The number of urea groups is 1. The van der Waals surface area contributed by atoms with Crippen molar-refractivity contribution in [2.45, 2.75) is 5.16 Å². The van der Waals surface area contributed by atoms with E-state index in [2.05, 4.69) is 20.8 Å². The first-order valence-corrected chi connectivity index (χ1v) is 7.90. The number of pyridine rings is 1. The normalized spacial score (nSPS) is 10.5. The molecule has 3 rings (SSSR count). The summed E-state index contributed by atoms with van der Waals surface area (Å²) in [6, 6.07) is 10.3. The van der Waals surface area contributed by atoms with Crippen LogP contribution in [-0.2, 0) is 4.79 Å². The molecule has 2 N–H and O–H groups in total. The molecule has 0 fully saturated rings. The van der Waals surface area contributed by atoms with Crippen molar-refractivity contribution < 1.29 is 14.0 Å². The number of amides is 3. The molecule has 7 nitrogen and oxygen atoms in total. The Kier molecular flexibility index (Phi) is 4.71. The Balaban J connectivity index is 1.54. The summed E-state index contributed by atoms with van der Waals surface area (Å²) in [6.07, 6.45) is 1.78. The molecule has 0 atom stereocenters. The average molecular weight is 345 g/mol. The van der Waals surface area contributed by atoms with Crippen molar-refractivity contribution in [2.24, 2.45) is 0 Å². The monoisotopic (exact) mass is 345 g/mol. The van der Waals surface area contributed by atoms with Crippen LogP contribution < -0.4 is 10.6 Å². The van der Waals surface area contributed by atoms with E-state index in [9.17, 15) is 14.0 Å². The number of para-hydroxylation sites is 1. The number of rotatable bonds is 4. The van der Waals surface area contributed by atoms with Crippen molar-refractivity contribution in [3.05, 3.63) is 54.5 Å². The van der Waals surface area contributed by atoms with Gasteiger partial charge in [-0.25, -0.2) is 9.18 Å². The first kappa shape index (κ1) is 15.9. The number of carbonyl (C=O) groups is 2. The van der Waals surface area contributed by atoms with E-state index in [4.69, 9.17) is 0 Å². The fourth-order valence-corrected chi connectivity index (χ4v) is 2.65. The summed E-state index contributed by atoms with van der Waals surface area (Å²) in [7, 11) is 0. The minimum absolute atomic E-state index is 0.00101. The van der Waals surface area contributed by atoms with E-state index in [-0.39, 0.29) is 11.4 Å². The number of aromatic nitrogens is 3. The zero-order valence-electron chi connectivity index (χ0n) is 12.3. The molecule has 0 aliphatic heterocycles. The van der Waals surface area contributed by atoms with Crippen LogP contribution in [-0.4, -0.2) is 32.3 Å². The molecule has 9 heteroatoms. The molecule has 2 heterocycles. The van der Waals surface area contributed by atoms with Crippen molar-refractivity contribution in [1.82, 2.24) is 19.9 Å². The number of benzene rings is 1. The van der Waals surface area contributed by atoms with Crippen LogP contribution in [0.2, 0.25) is 0 Å². The van der Waals surface area contributed by atoms with E-state index in [1.54, 1.807) is 22.7 Å². The van der Waals surface area contributed by atoms with Gasteiger partial charge in [0.05, 0.1) is 11.4 Å². The lowest BCUT2D eigenvalue weighted by molar-refractivity contribution is -0.117. The first-order chi connectivity index (χ1) is 11.6. The highest BCUT2D eigenvalue weighted by Crippen LogP contribution is 2.16. The van der Waals surface area contributed by atoms with Gasteiger partial charge in [-0.1, -0.05) is 30.0 Å². The van der Waals surface area contributed by atoms with Gasteiger partial charge in [0.2, 0.25) is 5.91 Å². The van der Waals surface area contributed by atoms with Crippen LogP contribution in [0.15, 0.2) is 53.8 Å². The third-order valence-corrected chi connectivity index (χ3v) is 3.93. The van der Waals surface area contributed by atoms with Gasteiger partial charge >= 0.3 is 6.03 Å². The van der Waals surface area contributed by atoms with Crippen LogP contribution in [0.5, 0.6) is 0 Å². The number of hydrogen-bond acceptors (Lipinski definition) is 5. The summed E-state index contributed by atoms with van der Waals surface area (Å²) in [5.41, 5.74) is 0.664. The number of carbonyl (C=O) groups excluding carboxylic acids is 2. The fourth-order valence-electron chi connectivity index (χ4n) is 1.93. The van der Waals surface area contributed by atoms with Crippen LogP contribution in [0.4, 0.5) is 14.9 Å². The Morgan fingerprint density at radius 1 is 1.12 bits per heavy atom. The quantitative estimate of drug-likeness (QED) is 0.709. The van der Waals surface area contributed by atoms with E-state index in [0.717, 1.165) is 11.8 Å². The number of imide groups is 1. The van der Waals surface area contributed by atoms with E-state index >= 15 is 0 Å². The third-order valence-electron chi connectivity index (χ3n) is 2.99. The van der Waals surface area contributed by atoms with E-state index in [1.807, 2.05) is 12.1 Å². The molecule has 0 unspecified atom stereocenters. The fraction of sp³-hybridized carbons (Fsp3) is 0.0667. The summed E-state index contributed by atoms with van der Waals surface area (Å²) in [6.45, 7) is 0. The van der Waals surface area contributed by atoms with Crippen molar-refractivity contribution in [2.75, 3.05) is 11.1 Å². The summed E-state index contributed by atoms with van der Waals surface area (Å²) in [5.74, 6) is -1.13. The molecule has 0 aliphatic carbocycles. The topological polar surface area (TPSA) is 88.4 Å². The maximum atomic E-state index is 13.4. The average Bonchev–Trinajstić information content (AvgIpc) is 2.98. The predicted octanol–water partition coefficient (Wildman–Crippen LogP) is 2.31. The number of hydrogen-bond donors (Lipinski definition) is 2. The predicted molar refractivity (Wildman–Crippen MR) is 87.3 cm³/mol. The number of anilines is 1. The highest BCUT2D eigenvalue weighted by Gasteiger charge is 2.12. The van der Waals surface area contributed by atoms with Crippen LogP contribution in [0, 0.1) is 5.82 Å². The zero-order chi connectivity index (χ0) is 16.9. The molecule has 0 aliphatic rings. The van der Waals surface area contributed by atoms with Crippen molar-refractivity contribution in [1.29, 1.82) is 0 Å². The number of fused-ring (bicyclic) bond motifs is 1. The molecular weight excluding hydrogens is 333 g/mol. The van der Waals surface area contributed by atoms with Crippen LogP contribution in [0.1, 0.15) is 0 Å². The number of thioether (sulfide) groups is 1. The zero-order valence-corrected chi connectivity index (χ0v) is 13.1. The SMILES string of the molecule is O=C(CSc1nnc2ccccn12)NC(=O)Nc1ccccc1F. The lowest BCUT2D eigenvalue weighted by Gasteiger charge is -2.07. The molecule has 0 bridgehead atoms. The number of nitrogens with one attached hydrogen (secondary N) is 2. The van der Waals surface area contributed by atoms with Gasteiger partial charge in [0.15, 0.2) is 10.8 Å². The summed E-state index contributed by atoms with van der Waals surface area (Å²) in [4.78, 5) is 23.5. The second-order valence-electron chi connectivity index (χ2n) is 4.68. The molecule has 122 valence electrons. The molecular formula is C15H12FN5O2S. The summed E-state index contributed by atoms with van der Waals surface area (Å²) >= 11 is 1.14. The minimum atomic E-state index is -0.795. The molecule has 3 aromatic rings. The summed E-state index contributed by atoms with van der Waals surface area (Å²) in [5, 5.41) is 12.9. The molecule has 1 aromatic carbocycles. The smallest absolute Gasteiger partial charge is 0.305 e. The van der Waals surface area contributed by atoms with Gasteiger partial charge in [-0.3, -0.25) is 14.5 Å². The third kappa shape index (κ3) is 3.69. The van der Waals surface area contributed by atoms with Gasteiger partial charge in [-0.15, -0.1) is 10.2 Å². The maximum absolute atomic E-state index is 13.4. The van der Waals surface area contributed by atoms with Gasteiger partial charge in [0.1, 0.15) is 5.82 Å². The Morgan fingerprint density at radius 2 is 1.92 bits per heavy atom. The van der Waals surface area contributed by atoms with Crippen molar-refractivity contribution in [3.8, 4) is 0 Å². The molecule has 0 spiro atoms. The standard InChI is InChI=1S/C15H12FN5O2S/c16-10-5-1-2-6-11(10)17-14(23)18-13(22)9-24-15-20-19-12-7-3-4-8-21(12)15/h1-8H,9H2,(H2,17,18,22,23). The Labute approximate surface area is 140 Å². The largest absolute Gasteiger partial charge is 0.325 e. The van der Waals surface area contributed by atoms with Crippen LogP contribution in [0.3, 0.4) is 0 Å². The number of halogens is 1. The molecule has 3 amide bonds. The minimum Gasteiger partial charge on any atom is -0.305 e. The van der Waals surface area contributed by atoms with Crippen molar-refractivity contribution >= 4 is 35.0 Å². The van der Waals surface area contributed by atoms with E-state index in [0.29, 0.717) is 10.8 Å². The second-order valence-corrected chi connectivity index (χ2v) is 5.62. The van der Waals surface area contributed by atoms with Crippen LogP contribution >= 0.6 is 11.8 Å². The number of nitrogens with zero attached hydrogens (tertiary/aromatic N) is 3. The van der Waals surface area contributed by atoms with Gasteiger partial charge in [0, 0.05) is 6.20 Å². The molecule has 0 saturated carbocycles. The lowest BCUT2D eigenvalue weighted by Crippen LogP contribution is -2.35. The van der Waals surface area contributed by atoms with E-state index in [1.165, 1.54) is 18.2 Å². The van der Waals surface area contributed by atoms with Gasteiger partial charge in [0.25, 0.3) is 0 Å². The van der Waals surface area contributed by atoms with Crippen LogP contribution in [0.25, 0.3) is 5.65 Å². The molecule has 24 heavy (non-hydrogen) atoms. The van der Waals surface area contributed by atoms with Gasteiger partial charge in [-0.05, 0) is 24.3 Å². The van der Waals surface area contributed by atoms with E-state index < -0.39 is 17.8 Å². The molecule has 2 aromatic heterocycles. The first-order valence-electron chi connectivity index (χ1n) is 6.91. The Hall–Kier alpha value is -2.94. The highest BCUT2D eigenvalue weighted by molar-refractivity contribution is 7.99. The van der Waals surface area contributed by atoms with Gasteiger partial charge in [-0.2, -0.15) is 0 Å². The van der Waals surface area contributed by atoms with Crippen molar-refractivity contribution in [3.63, 3.8) is 0 Å².